The van der Waals surface area contributed by atoms with Crippen LogP contribution in [0.4, 0.5) is 0 Å². The van der Waals surface area contributed by atoms with Gasteiger partial charge in [-0.05, 0) is 25.7 Å². The molecule has 2 unspecified atom stereocenters. The van der Waals surface area contributed by atoms with Gasteiger partial charge in [0.05, 0.1) is 13.2 Å². The maximum absolute atomic E-state index is 11.9. The number of hydrogen-bond donors (Lipinski definition) is 1. The number of ether oxygens (including phenoxy) is 4. The molecule has 2 atom stereocenters. The second-order valence-corrected chi connectivity index (χ2v) is 25.0. The Labute approximate surface area is 505 Å². The third-order valence-electron chi connectivity index (χ3n) is 17.0. The lowest BCUT2D eigenvalue weighted by Crippen LogP contribution is -2.48. The second kappa shape index (κ2) is 76.8. The Kier molecular flexibility index (Phi) is 78.5. The molecule has 484 valence electrons. The molecule has 0 aromatic heterocycles. The SMILES string of the molecule is CC.CCCCCCCCCCCCCCCCCCOC(COCCCCCCCCCCCCCCCC)N(O)C(COCCCCCCCCCCCCCCCC)OCCCCCCCCCCCCCCCCCC. The maximum atomic E-state index is 11.9. The van der Waals surface area contributed by atoms with Crippen LogP contribution in [0.2, 0.25) is 0 Å². The predicted molar refractivity (Wildman–Crippen MR) is 356 cm³/mol. The summed E-state index contributed by atoms with van der Waals surface area (Å²) in [4.78, 5) is 0. The molecule has 0 amide bonds. The third kappa shape index (κ3) is 68.5. The Morgan fingerprint density at radius 3 is 0.512 bits per heavy atom. The number of hydroxylamine groups is 2. The molecule has 0 aromatic carbocycles. The van der Waals surface area contributed by atoms with Gasteiger partial charge in [0.15, 0.2) is 12.5 Å². The van der Waals surface area contributed by atoms with Crippen molar-refractivity contribution in [1.29, 1.82) is 0 Å². The van der Waals surface area contributed by atoms with Crippen LogP contribution in [0.1, 0.15) is 427 Å². The molecule has 0 aliphatic heterocycles. The first-order chi connectivity index (χ1) is 39.7. The molecule has 0 spiro atoms. The first kappa shape index (κ1) is 81.8. The van der Waals surface area contributed by atoms with E-state index in [1.165, 1.54) is 365 Å². The zero-order valence-electron chi connectivity index (χ0n) is 56.4. The van der Waals surface area contributed by atoms with Crippen molar-refractivity contribution in [3.05, 3.63) is 0 Å². The molecule has 6 heteroatoms. The van der Waals surface area contributed by atoms with Crippen molar-refractivity contribution in [2.75, 3.05) is 39.6 Å². The van der Waals surface area contributed by atoms with Crippen molar-refractivity contribution in [1.82, 2.24) is 5.06 Å². The molecule has 0 rings (SSSR count). The summed E-state index contributed by atoms with van der Waals surface area (Å²) in [6, 6.07) is 0. The zero-order valence-corrected chi connectivity index (χ0v) is 56.4. The first-order valence-electron chi connectivity index (χ1n) is 37.6. The fraction of sp³-hybridized carbons (Fsp3) is 1.00. The summed E-state index contributed by atoms with van der Waals surface area (Å²) in [5.74, 6) is 0. The minimum Gasteiger partial charge on any atom is -0.377 e. The van der Waals surface area contributed by atoms with E-state index in [4.69, 9.17) is 18.9 Å². The van der Waals surface area contributed by atoms with Gasteiger partial charge >= 0.3 is 0 Å². The summed E-state index contributed by atoms with van der Waals surface area (Å²) in [5.41, 5.74) is 0. The minimum absolute atomic E-state index is 0.353. The number of hydrogen-bond acceptors (Lipinski definition) is 6. The van der Waals surface area contributed by atoms with Crippen LogP contribution < -0.4 is 0 Å². The average Bonchev–Trinajstić information content (AvgIpc) is 3.47. The van der Waals surface area contributed by atoms with E-state index in [-0.39, 0.29) is 0 Å². The third-order valence-corrected chi connectivity index (χ3v) is 17.0. The average molecular weight is 1140 g/mol. The van der Waals surface area contributed by atoms with Gasteiger partial charge in [0.1, 0.15) is 0 Å². The van der Waals surface area contributed by atoms with E-state index >= 15 is 0 Å². The standard InChI is InChI=1S/C72H147NO5.C2H6/c1-5-9-13-17-21-25-29-33-37-39-43-47-51-55-59-63-67-77-71(69-75-65-61-57-53-49-45-41-35-31-27-23-19-15-11-7-3)73(74)72(70-76-66-62-58-54-50-46-42-36-32-28-24-20-16-12-8-4)78-68-64-60-56-52-48-44-40-38-34-30-26-22-18-14-10-6-2;1-2/h71-72,74H,5-70H2,1-4H3;1-2H3. The Bertz CT molecular complexity index is 953. The van der Waals surface area contributed by atoms with Crippen LogP contribution in [0, 0.1) is 0 Å². The summed E-state index contributed by atoms with van der Waals surface area (Å²) in [6.07, 6.45) is 80.2. The Hall–Kier alpha value is -0.240. The molecule has 6 nitrogen and oxygen atoms in total. The lowest BCUT2D eigenvalue weighted by atomic mass is 10.0. The molecule has 0 aromatic rings. The maximum Gasteiger partial charge on any atom is 0.159 e. The predicted octanol–water partition coefficient (Wildman–Crippen LogP) is 25.9. The van der Waals surface area contributed by atoms with Gasteiger partial charge in [0, 0.05) is 26.4 Å². The van der Waals surface area contributed by atoms with Gasteiger partial charge in [-0.2, -0.15) is 0 Å². The highest BCUT2D eigenvalue weighted by Crippen LogP contribution is 2.19. The summed E-state index contributed by atoms with van der Waals surface area (Å²) in [6.45, 7) is 16.6. The normalized spacial score (nSPS) is 12.4. The van der Waals surface area contributed by atoms with E-state index in [1.807, 2.05) is 13.8 Å². The van der Waals surface area contributed by atoms with Gasteiger partial charge in [-0.15, -0.1) is 5.06 Å². The Morgan fingerprint density at radius 1 is 0.212 bits per heavy atom. The van der Waals surface area contributed by atoms with E-state index in [0.717, 1.165) is 25.7 Å². The Morgan fingerprint density at radius 2 is 0.350 bits per heavy atom. The van der Waals surface area contributed by atoms with Crippen LogP contribution >= 0.6 is 0 Å². The quantitative estimate of drug-likeness (QED) is 0.0372. The molecule has 0 saturated heterocycles. The van der Waals surface area contributed by atoms with Crippen molar-refractivity contribution in [2.45, 2.75) is 439 Å². The van der Waals surface area contributed by atoms with Crippen LogP contribution in [-0.4, -0.2) is 62.4 Å². The molecule has 0 heterocycles. The molecule has 0 aliphatic carbocycles. The number of unbranched alkanes of at least 4 members (excludes halogenated alkanes) is 56. The highest BCUT2D eigenvalue weighted by Gasteiger charge is 2.27. The fourth-order valence-corrected chi connectivity index (χ4v) is 11.5. The lowest BCUT2D eigenvalue weighted by Gasteiger charge is -2.32. The first-order valence-corrected chi connectivity index (χ1v) is 37.6. The molecule has 80 heavy (non-hydrogen) atoms. The second-order valence-electron chi connectivity index (χ2n) is 25.0. The molecular formula is C74H153NO5. The van der Waals surface area contributed by atoms with Crippen LogP contribution in [0.3, 0.4) is 0 Å². The molecule has 0 radical (unpaired) electrons. The van der Waals surface area contributed by atoms with Crippen LogP contribution in [0.5, 0.6) is 0 Å². The van der Waals surface area contributed by atoms with E-state index in [0.29, 0.717) is 39.6 Å². The number of rotatable bonds is 72. The van der Waals surface area contributed by atoms with Gasteiger partial charge < -0.3 is 24.2 Å². The van der Waals surface area contributed by atoms with Crippen molar-refractivity contribution in [3.8, 4) is 0 Å². The molecule has 0 saturated carbocycles. The summed E-state index contributed by atoms with van der Waals surface area (Å²) < 4.78 is 25.6. The molecule has 0 bridgehead atoms. The zero-order chi connectivity index (χ0) is 58.2. The van der Waals surface area contributed by atoms with Crippen LogP contribution in [-0.2, 0) is 18.9 Å². The Balaban J connectivity index is 0. The van der Waals surface area contributed by atoms with Gasteiger partial charge in [-0.1, -0.05) is 401 Å². The van der Waals surface area contributed by atoms with Gasteiger partial charge in [-0.3, -0.25) is 0 Å². The fourth-order valence-electron chi connectivity index (χ4n) is 11.5. The smallest absolute Gasteiger partial charge is 0.159 e. The summed E-state index contributed by atoms with van der Waals surface area (Å²) in [7, 11) is 0. The van der Waals surface area contributed by atoms with Gasteiger partial charge in [-0.25, -0.2) is 0 Å². The molecular weight excluding hydrogens is 983 g/mol. The van der Waals surface area contributed by atoms with Crippen LogP contribution in [0.25, 0.3) is 0 Å². The van der Waals surface area contributed by atoms with Gasteiger partial charge in [0.2, 0.25) is 0 Å². The molecule has 0 aliphatic rings. The summed E-state index contributed by atoms with van der Waals surface area (Å²) >= 11 is 0. The van der Waals surface area contributed by atoms with Gasteiger partial charge in [0.25, 0.3) is 0 Å². The summed E-state index contributed by atoms with van der Waals surface area (Å²) in [5, 5.41) is 13.2. The van der Waals surface area contributed by atoms with Crippen molar-refractivity contribution in [2.24, 2.45) is 0 Å². The van der Waals surface area contributed by atoms with E-state index in [9.17, 15) is 5.21 Å². The molecule has 0 fully saturated rings. The monoisotopic (exact) mass is 1140 g/mol. The molecule has 1 N–H and O–H groups in total. The van der Waals surface area contributed by atoms with Crippen LogP contribution in [0.15, 0.2) is 0 Å². The topological polar surface area (TPSA) is 60.4 Å². The van der Waals surface area contributed by atoms with Crippen molar-refractivity contribution < 1.29 is 24.2 Å². The minimum atomic E-state index is -0.562. The highest BCUT2D eigenvalue weighted by atomic mass is 16.7. The lowest BCUT2D eigenvalue weighted by molar-refractivity contribution is -0.309. The number of nitrogens with zero attached hydrogens (tertiary/aromatic N) is 1. The van der Waals surface area contributed by atoms with E-state index < -0.39 is 12.5 Å². The van der Waals surface area contributed by atoms with Crippen molar-refractivity contribution in [3.63, 3.8) is 0 Å². The highest BCUT2D eigenvalue weighted by molar-refractivity contribution is 4.63. The van der Waals surface area contributed by atoms with Crippen molar-refractivity contribution >= 4 is 0 Å². The van der Waals surface area contributed by atoms with E-state index in [1.54, 1.807) is 0 Å². The largest absolute Gasteiger partial charge is 0.377 e. The van der Waals surface area contributed by atoms with E-state index in [2.05, 4.69) is 27.7 Å².